The van der Waals surface area contributed by atoms with Gasteiger partial charge in [-0.25, -0.2) is 9.78 Å². The van der Waals surface area contributed by atoms with E-state index < -0.39 is 11.9 Å². The minimum absolute atomic E-state index is 0.133. The highest BCUT2D eigenvalue weighted by atomic mass is 16.4. The number of pyridine rings is 1. The topological polar surface area (TPSA) is 108 Å². The Morgan fingerprint density at radius 2 is 2.11 bits per heavy atom. The zero-order valence-corrected chi connectivity index (χ0v) is 9.47. The number of aryl methyl sites for hydroxylation is 1. The van der Waals surface area contributed by atoms with Gasteiger partial charge in [-0.2, -0.15) is 5.10 Å². The molecule has 0 bridgehead atoms. The Morgan fingerprint density at radius 1 is 1.33 bits per heavy atom. The molecule has 0 saturated heterocycles. The first-order chi connectivity index (χ1) is 8.56. The van der Waals surface area contributed by atoms with Crippen molar-refractivity contribution >= 4 is 17.7 Å². The Labute approximate surface area is 102 Å². The van der Waals surface area contributed by atoms with Crippen molar-refractivity contribution in [3.63, 3.8) is 0 Å². The van der Waals surface area contributed by atoms with Crippen LogP contribution in [0.25, 0.3) is 0 Å². The van der Waals surface area contributed by atoms with Crippen molar-refractivity contribution < 1.29 is 14.7 Å². The predicted octanol–water partition coefficient (Wildman–Crippen LogP) is 1.06. The lowest BCUT2D eigenvalue weighted by Crippen LogP contribution is -2.14. The van der Waals surface area contributed by atoms with Crippen molar-refractivity contribution in [1.29, 1.82) is 0 Å². The Hall–Kier alpha value is -2.70. The third-order valence-corrected chi connectivity index (χ3v) is 2.15. The number of anilines is 1. The summed E-state index contributed by atoms with van der Waals surface area (Å²) in [6, 6.07) is 5.93. The van der Waals surface area contributed by atoms with Crippen LogP contribution < -0.4 is 5.32 Å². The summed E-state index contributed by atoms with van der Waals surface area (Å²) < 4.78 is 0. The number of hydrogen-bond donors (Lipinski definition) is 3. The summed E-state index contributed by atoms with van der Waals surface area (Å²) >= 11 is 0. The summed E-state index contributed by atoms with van der Waals surface area (Å²) in [5.74, 6) is -1.43. The van der Waals surface area contributed by atoms with Gasteiger partial charge in [0.1, 0.15) is 5.82 Å². The van der Waals surface area contributed by atoms with Gasteiger partial charge in [-0.3, -0.25) is 9.89 Å². The molecule has 2 aromatic heterocycles. The fourth-order valence-corrected chi connectivity index (χ4v) is 1.34. The molecular formula is C11H10N4O3. The molecule has 0 saturated carbocycles. The second-order valence-electron chi connectivity index (χ2n) is 3.60. The smallest absolute Gasteiger partial charge is 0.354 e. The summed E-state index contributed by atoms with van der Waals surface area (Å²) in [5.41, 5.74) is 0.841. The molecular weight excluding hydrogens is 236 g/mol. The molecule has 2 heterocycles. The van der Waals surface area contributed by atoms with Crippen LogP contribution in [0.15, 0.2) is 24.3 Å². The number of carboxylic acids is 1. The lowest BCUT2D eigenvalue weighted by Gasteiger charge is -2.02. The fourth-order valence-electron chi connectivity index (χ4n) is 1.34. The molecule has 0 spiro atoms. The highest BCUT2D eigenvalue weighted by molar-refractivity contribution is 6.02. The zero-order chi connectivity index (χ0) is 13.1. The van der Waals surface area contributed by atoms with Crippen molar-refractivity contribution in [2.45, 2.75) is 6.92 Å². The highest BCUT2D eigenvalue weighted by Gasteiger charge is 2.11. The molecule has 3 N–H and O–H groups in total. The number of nitrogens with zero attached hydrogens (tertiary/aromatic N) is 2. The van der Waals surface area contributed by atoms with Gasteiger partial charge in [0.05, 0.1) is 0 Å². The second-order valence-corrected chi connectivity index (χ2v) is 3.60. The molecule has 2 rings (SSSR count). The van der Waals surface area contributed by atoms with Crippen molar-refractivity contribution in [1.82, 2.24) is 15.2 Å². The average molecular weight is 246 g/mol. The number of aromatic amines is 1. The standard InChI is InChI=1S/C11H10N4O3/c1-6-5-8(15-14-6)10(16)13-9-4-2-3-7(12-9)11(17)18/h2-5H,1H3,(H,14,15)(H,17,18)(H,12,13,16). The van der Waals surface area contributed by atoms with Crippen LogP contribution in [-0.2, 0) is 0 Å². The summed E-state index contributed by atoms with van der Waals surface area (Å²) in [5, 5.41) is 17.7. The third-order valence-electron chi connectivity index (χ3n) is 2.15. The van der Waals surface area contributed by atoms with Crippen molar-refractivity contribution in [2.75, 3.05) is 5.32 Å². The number of nitrogens with one attached hydrogen (secondary N) is 2. The Morgan fingerprint density at radius 3 is 2.72 bits per heavy atom. The Balaban J connectivity index is 2.16. The quantitative estimate of drug-likeness (QED) is 0.750. The number of aromatic carboxylic acids is 1. The summed E-state index contributed by atoms with van der Waals surface area (Å²) in [6.45, 7) is 1.77. The SMILES string of the molecule is Cc1cc(C(=O)Nc2cccc(C(=O)O)n2)n[nH]1. The van der Waals surface area contributed by atoms with E-state index in [4.69, 9.17) is 5.11 Å². The van der Waals surface area contributed by atoms with Gasteiger partial charge in [0, 0.05) is 5.69 Å². The van der Waals surface area contributed by atoms with Crippen LogP contribution in [0.3, 0.4) is 0 Å². The normalized spacial score (nSPS) is 10.1. The van der Waals surface area contributed by atoms with Crippen molar-refractivity contribution in [2.24, 2.45) is 0 Å². The molecule has 0 radical (unpaired) electrons. The largest absolute Gasteiger partial charge is 0.477 e. The van der Waals surface area contributed by atoms with E-state index in [1.165, 1.54) is 18.2 Å². The monoisotopic (exact) mass is 246 g/mol. The average Bonchev–Trinajstić information content (AvgIpc) is 2.76. The van der Waals surface area contributed by atoms with Crippen LogP contribution >= 0.6 is 0 Å². The first-order valence-corrected chi connectivity index (χ1v) is 5.10. The number of rotatable bonds is 3. The number of H-pyrrole nitrogens is 1. The predicted molar refractivity (Wildman–Crippen MR) is 62.5 cm³/mol. The van der Waals surface area contributed by atoms with E-state index in [9.17, 15) is 9.59 Å². The molecule has 0 unspecified atom stereocenters. The van der Waals surface area contributed by atoms with Crippen LogP contribution in [0, 0.1) is 6.92 Å². The molecule has 18 heavy (non-hydrogen) atoms. The number of carbonyl (C=O) groups is 2. The van der Waals surface area contributed by atoms with Crippen LogP contribution in [0.5, 0.6) is 0 Å². The molecule has 0 aliphatic carbocycles. The van der Waals surface area contributed by atoms with Gasteiger partial charge in [-0.1, -0.05) is 6.07 Å². The number of aromatic nitrogens is 3. The highest BCUT2D eigenvalue weighted by Crippen LogP contribution is 2.07. The van der Waals surface area contributed by atoms with Crippen molar-refractivity contribution in [3.8, 4) is 0 Å². The maximum Gasteiger partial charge on any atom is 0.354 e. The minimum Gasteiger partial charge on any atom is -0.477 e. The number of amides is 1. The molecule has 0 aliphatic rings. The van der Waals surface area contributed by atoms with E-state index in [1.807, 2.05) is 0 Å². The van der Waals surface area contributed by atoms with E-state index in [0.29, 0.717) is 0 Å². The maximum atomic E-state index is 11.7. The molecule has 0 atom stereocenters. The maximum absolute atomic E-state index is 11.7. The van der Waals surface area contributed by atoms with Crippen LogP contribution in [-0.4, -0.2) is 32.2 Å². The van der Waals surface area contributed by atoms with Crippen LogP contribution in [0.2, 0.25) is 0 Å². The fraction of sp³-hybridized carbons (Fsp3) is 0.0909. The molecule has 92 valence electrons. The molecule has 7 nitrogen and oxygen atoms in total. The molecule has 0 fully saturated rings. The summed E-state index contributed by atoms with van der Waals surface area (Å²) in [6.07, 6.45) is 0. The molecule has 7 heteroatoms. The lowest BCUT2D eigenvalue weighted by atomic mass is 10.3. The van der Waals surface area contributed by atoms with E-state index >= 15 is 0 Å². The molecule has 0 aliphatic heterocycles. The first kappa shape index (κ1) is 11.8. The van der Waals surface area contributed by atoms with Gasteiger partial charge in [0.2, 0.25) is 0 Å². The van der Waals surface area contributed by atoms with E-state index in [-0.39, 0.29) is 17.2 Å². The minimum atomic E-state index is -1.15. The van der Waals surface area contributed by atoms with E-state index in [1.54, 1.807) is 13.0 Å². The van der Waals surface area contributed by atoms with Crippen LogP contribution in [0.1, 0.15) is 26.7 Å². The van der Waals surface area contributed by atoms with Gasteiger partial charge < -0.3 is 10.4 Å². The van der Waals surface area contributed by atoms with Gasteiger partial charge >= 0.3 is 5.97 Å². The Kier molecular flexibility index (Phi) is 3.05. The number of carboxylic acid groups (broad SMARTS) is 1. The van der Waals surface area contributed by atoms with E-state index in [2.05, 4.69) is 20.5 Å². The summed E-state index contributed by atoms with van der Waals surface area (Å²) in [4.78, 5) is 26.2. The second kappa shape index (κ2) is 4.66. The first-order valence-electron chi connectivity index (χ1n) is 5.10. The van der Waals surface area contributed by atoms with Gasteiger partial charge in [0.15, 0.2) is 11.4 Å². The van der Waals surface area contributed by atoms with Crippen LogP contribution in [0.4, 0.5) is 5.82 Å². The van der Waals surface area contributed by atoms with Gasteiger partial charge in [-0.05, 0) is 25.1 Å². The molecule has 0 aromatic carbocycles. The van der Waals surface area contributed by atoms with Gasteiger partial charge in [-0.15, -0.1) is 0 Å². The van der Waals surface area contributed by atoms with Crippen molar-refractivity contribution in [3.05, 3.63) is 41.3 Å². The lowest BCUT2D eigenvalue weighted by molar-refractivity contribution is 0.0690. The molecule has 1 amide bonds. The zero-order valence-electron chi connectivity index (χ0n) is 9.47. The number of hydrogen-bond acceptors (Lipinski definition) is 4. The summed E-state index contributed by atoms with van der Waals surface area (Å²) in [7, 11) is 0. The molecule has 2 aromatic rings. The van der Waals surface area contributed by atoms with E-state index in [0.717, 1.165) is 5.69 Å². The number of carbonyl (C=O) groups excluding carboxylic acids is 1. The van der Waals surface area contributed by atoms with Gasteiger partial charge in [0.25, 0.3) is 5.91 Å². The Bertz CT molecular complexity index is 606. The third kappa shape index (κ3) is 2.51.